The molecule has 1 aliphatic heterocycles. The molecule has 2 N–H and O–H groups in total. The number of rotatable bonds is 2. The Morgan fingerprint density at radius 2 is 2.00 bits per heavy atom. The lowest BCUT2D eigenvalue weighted by Crippen LogP contribution is -2.23. The van der Waals surface area contributed by atoms with E-state index in [2.05, 4.69) is 16.2 Å². The van der Waals surface area contributed by atoms with E-state index in [-0.39, 0.29) is 5.91 Å². The highest BCUT2D eigenvalue weighted by Crippen LogP contribution is 2.34. The van der Waals surface area contributed by atoms with Crippen LogP contribution in [0.1, 0.15) is 21.5 Å². The topological polar surface area (TPSA) is 44.9 Å². The Morgan fingerprint density at radius 3 is 2.75 bits per heavy atom. The number of carbonyl (C=O) groups excluding carboxylic acids is 1. The van der Waals surface area contributed by atoms with E-state index >= 15 is 0 Å². The summed E-state index contributed by atoms with van der Waals surface area (Å²) >= 11 is 0. The van der Waals surface area contributed by atoms with E-state index in [4.69, 9.17) is 6.42 Å². The lowest BCUT2D eigenvalue weighted by atomic mass is 9.99. The number of aromatic nitrogens is 1. The number of halogens is 1. The average Bonchev–Trinajstić information content (AvgIpc) is 2.84. The maximum Gasteiger partial charge on any atom is 0.252 e. The van der Waals surface area contributed by atoms with Gasteiger partial charge in [-0.1, -0.05) is 24.3 Å². The third kappa shape index (κ3) is 2.26. The standard InChI is InChI=1S/C20H15FN2O/c1-2-3-12-4-6-13(7-5-12)19-15-8-9-22-20(24)16-10-14(21)11-17(23-19)18(15)16/h1,4-7,10-11,23H,3,8-9H2,(H,22,24). The fourth-order valence-electron chi connectivity index (χ4n) is 3.34. The molecule has 0 saturated heterocycles. The van der Waals surface area contributed by atoms with Gasteiger partial charge in [-0.05, 0) is 35.2 Å². The number of amides is 1. The fourth-order valence-corrected chi connectivity index (χ4v) is 3.34. The monoisotopic (exact) mass is 318 g/mol. The molecule has 0 fully saturated rings. The van der Waals surface area contributed by atoms with E-state index in [9.17, 15) is 9.18 Å². The molecule has 1 aromatic heterocycles. The minimum absolute atomic E-state index is 0.229. The SMILES string of the molecule is C#CCc1ccc(-c2[nH]c3cc(F)cc4c3c2CCNC4=O)cc1. The minimum atomic E-state index is -0.418. The molecule has 118 valence electrons. The smallest absolute Gasteiger partial charge is 0.252 e. The molecule has 0 radical (unpaired) electrons. The van der Waals surface area contributed by atoms with Crippen LogP contribution in [0, 0.1) is 18.2 Å². The van der Waals surface area contributed by atoms with E-state index in [1.165, 1.54) is 12.1 Å². The quantitative estimate of drug-likeness (QED) is 0.699. The summed E-state index contributed by atoms with van der Waals surface area (Å²) in [6.07, 6.45) is 6.64. The van der Waals surface area contributed by atoms with E-state index in [1.54, 1.807) is 0 Å². The predicted octanol–water partition coefficient (Wildman–Crippen LogP) is 3.44. The van der Waals surface area contributed by atoms with Gasteiger partial charge in [-0.3, -0.25) is 4.79 Å². The fraction of sp³-hybridized carbons (Fsp3) is 0.150. The van der Waals surface area contributed by atoms with Crippen molar-refractivity contribution in [1.29, 1.82) is 0 Å². The summed E-state index contributed by atoms with van der Waals surface area (Å²) in [5, 5.41) is 3.64. The first-order valence-corrected chi connectivity index (χ1v) is 7.82. The van der Waals surface area contributed by atoms with Gasteiger partial charge in [-0.25, -0.2) is 4.39 Å². The van der Waals surface area contributed by atoms with Crippen molar-refractivity contribution in [3.05, 3.63) is 58.9 Å². The van der Waals surface area contributed by atoms with Crippen molar-refractivity contribution in [2.45, 2.75) is 12.8 Å². The molecule has 2 aromatic carbocycles. The molecule has 24 heavy (non-hydrogen) atoms. The van der Waals surface area contributed by atoms with Gasteiger partial charge in [0, 0.05) is 29.6 Å². The van der Waals surface area contributed by atoms with Crippen LogP contribution >= 0.6 is 0 Å². The second-order valence-electron chi connectivity index (χ2n) is 5.94. The maximum absolute atomic E-state index is 13.9. The van der Waals surface area contributed by atoms with Crippen molar-refractivity contribution >= 4 is 16.8 Å². The van der Waals surface area contributed by atoms with Gasteiger partial charge < -0.3 is 10.3 Å². The van der Waals surface area contributed by atoms with Gasteiger partial charge in [0.05, 0.1) is 5.56 Å². The second kappa shape index (κ2) is 5.54. The Morgan fingerprint density at radius 1 is 1.21 bits per heavy atom. The summed E-state index contributed by atoms with van der Waals surface area (Å²) in [6, 6.07) is 10.7. The molecule has 0 spiro atoms. The van der Waals surface area contributed by atoms with Crippen molar-refractivity contribution in [3.8, 4) is 23.6 Å². The Bertz CT molecular complexity index is 993. The van der Waals surface area contributed by atoms with Crippen LogP contribution in [-0.2, 0) is 12.8 Å². The van der Waals surface area contributed by atoms with Gasteiger partial charge in [-0.2, -0.15) is 0 Å². The molecular formula is C20H15FN2O. The summed E-state index contributed by atoms with van der Waals surface area (Å²) in [5.41, 5.74) is 5.10. The van der Waals surface area contributed by atoms with Crippen LogP contribution in [0.25, 0.3) is 22.2 Å². The summed E-state index contributed by atoms with van der Waals surface area (Å²) < 4.78 is 13.9. The van der Waals surface area contributed by atoms with Crippen molar-refractivity contribution in [3.63, 3.8) is 0 Å². The predicted molar refractivity (Wildman–Crippen MR) is 92.3 cm³/mol. The van der Waals surface area contributed by atoms with Crippen LogP contribution in [0.2, 0.25) is 0 Å². The first-order valence-electron chi connectivity index (χ1n) is 7.82. The minimum Gasteiger partial charge on any atom is -0.354 e. The van der Waals surface area contributed by atoms with E-state index in [0.29, 0.717) is 30.5 Å². The molecule has 3 nitrogen and oxygen atoms in total. The number of H-pyrrole nitrogens is 1. The van der Waals surface area contributed by atoms with Crippen molar-refractivity contribution in [1.82, 2.24) is 10.3 Å². The highest BCUT2D eigenvalue weighted by Gasteiger charge is 2.23. The lowest BCUT2D eigenvalue weighted by molar-refractivity contribution is 0.0957. The molecule has 4 heteroatoms. The molecular weight excluding hydrogens is 303 g/mol. The first-order chi connectivity index (χ1) is 11.7. The van der Waals surface area contributed by atoms with Crippen molar-refractivity contribution in [2.75, 3.05) is 6.54 Å². The van der Waals surface area contributed by atoms with Crippen LogP contribution in [-0.4, -0.2) is 17.4 Å². The Kier molecular flexibility index (Phi) is 3.35. The van der Waals surface area contributed by atoms with E-state index < -0.39 is 5.82 Å². The number of terminal acetylenes is 1. The normalized spacial score (nSPS) is 13.4. The zero-order valence-corrected chi connectivity index (χ0v) is 12.9. The largest absolute Gasteiger partial charge is 0.354 e. The molecule has 1 aliphatic rings. The lowest BCUT2D eigenvalue weighted by Gasteiger charge is -2.05. The van der Waals surface area contributed by atoms with E-state index in [1.807, 2.05) is 24.3 Å². The summed E-state index contributed by atoms with van der Waals surface area (Å²) in [6.45, 7) is 0.532. The molecule has 0 saturated carbocycles. The van der Waals surface area contributed by atoms with E-state index in [0.717, 1.165) is 27.8 Å². The van der Waals surface area contributed by atoms with Gasteiger partial charge in [0.15, 0.2) is 0 Å². The third-order valence-electron chi connectivity index (χ3n) is 4.42. The maximum atomic E-state index is 13.9. The number of aromatic amines is 1. The van der Waals surface area contributed by atoms with Gasteiger partial charge in [0.2, 0.25) is 0 Å². The van der Waals surface area contributed by atoms with Crippen LogP contribution in [0.5, 0.6) is 0 Å². The molecule has 2 heterocycles. The highest BCUT2D eigenvalue weighted by molar-refractivity contribution is 6.10. The molecule has 0 aliphatic carbocycles. The molecule has 0 bridgehead atoms. The van der Waals surface area contributed by atoms with Gasteiger partial charge in [-0.15, -0.1) is 12.3 Å². The number of hydrogen-bond donors (Lipinski definition) is 2. The van der Waals surface area contributed by atoms with Gasteiger partial charge in [0.1, 0.15) is 5.82 Å². The van der Waals surface area contributed by atoms with Crippen LogP contribution in [0.3, 0.4) is 0 Å². The summed E-state index contributed by atoms with van der Waals surface area (Å²) in [4.78, 5) is 15.5. The van der Waals surface area contributed by atoms with Gasteiger partial charge >= 0.3 is 0 Å². The van der Waals surface area contributed by atoms with Crippen LogP contribution in [0.4, 0.5) is 4.39 Å². The number of benzene rings is 2. The average molecular weight is 318 g/mol. The summed E-state index contributed by atoms with van der Waals surface area (Å²) in [5.74, 6) is 1.98. The van der Waals surface area contributed by atoms with Crippen molar-refractivity contribution in [2.24, 2.45) is 0 Å². The Balaban J connectivity index is 1.93. The zero-order valence-electron chi connectivity index (χ0n) is 12.9. The number of nitrogens with one attached hydrogen (secondary N) is 2. The molecule has 3 aromatic rings. The molecule has 0 unspecified atom stereocenters. The number of hydrogen-bond acceptors (Lipinski definition) is 1. The highest BCUT2D eigenvalue weighted by atomic mass is 19.1. The molecule has 0 atom stereocenters. The van der Waals surface area contributed by atoms with Crippen LogP contribution < -0.4 is 5.32 Å². The zero-order chi connectivity index (χ0) is 16.7. The Labute approximate surface area is 138 Å². The van der Waals surface area contributed by atoms with Crippen molar-refractivity contribution < 1.29 is 9.18 Å². The second-order valence-corrected chi connectivity index (χ2v) is 5.94. The summed E-state index contributed by atoms with van der Waals surface area (Å²) in [7, 11) is 0. The third-order valence-corrected chi connectivity index (χ3v) is 4.42. The molecule has 1 amide bonds. The Hall–Kier alpha value is -3.06. The number of carbonyl (C=O) groups is 1. The van der Waals surface area contributed by atoms with Gasteiger partial charge in [0.25, 0.3) is 5.91 Å². The molecule has 4 rings (SSSR count). The van der Waals surface area contributed by atoms with Crippen LogP contribution in [0.15, 0.2) is 36.4 Å². The first kappa shape index (κ1) is 14.5.